The molecule has 0 unspecified atom stereocenters. The number of nitrogens with one attached hydrogen (secondary N) is 1. The van der Waals surface area contributed by atoms with E-state index in [2.05, 4.69) is 36.3 Å². The van der Waals surface area contributed by atoms with Gasteiger partial charge in [-0.3, -0.25) is 9.20 Å². The van der Waals surface area contributed by atoms with Gasteiger partial charge >= 0.3 is 0 Å². The number of amides is 1. The number of hydrogen-bond donors (Lipinski definition) is 1. The molecule has 21 heavy (non-hydrogen) atoms. The molecule has 2 aromatic rings. The summed E-state index contributed by atoms with van der Waals surface area (Å²) in [4.78, 5) is 13.8. The minimum Gasteiger partial charge on any atom is -0.351 e. The molecule has 6 heteroatoms. The van der Waals surface area contributed by atoms with Crippen molar-refractivity contribution >= 4 is 22.2 Å². The van der Waals surface area contributed by atoms with Crippen LogP contribution in [0.4, 0.5) is 0 Å². The van der Waals surface area contributed by atoms with Crippen LogP contribution in [0.1, 0.15) is 73.6 Å². The third-order valence-corrected chi connectivity index (χ3v) is 4.69. The Morgan fingerprint density at radius 3 is 2.71 bits per heavy atom. The summed E-state index contributed by atoms with van der Waals surface area (Å²) in [5.74, 6) is 1.22. The Kier molecular flexibility index (Phi) is 5.33. The predicted molar refractivity (Wildman–Crippen MR) is 86.2 cm³/mol. The topological polar surface area (TPSA) is 59.3 Å². The molecule has 0 aliphatic rings. The van der Waals surface area contributed by atoms with Crippen LogP contribution in [0, 0.1) is 6.92 Å². The number of fused-ring (bicyclic) bond motifs is 1. The normalized spacial score (nSPS) is 11.5. The number of unbranched alkanes of at least 4 members (excludes halogenated alkanes) is 3. The van der Waals surface area contributed by atoms with Crippen LogP contribution in [-0.2, 0) is 0 Å². The average molecular weight is 308 g/mol. The van der Waals surface area contributed by atoms with Crippen LogP contribution in [0.3, 0.4) is 0 Å². The van der Waals surface area contributed by atoms with Crippen molar-refractivity contribution in [2.24, 2.45) is 0 Å². The van der Waals surface area contributed by atoms with Crippen molar-refractivity contribution in [2.45, 2.75) is 59.3 Å². The largest absolute Gasteiger partial charge is 0.351 e. The molecule has 0 spiro atoms. The first-order chi connectivity index (χ1) is 10.1. The second-order valence-corrected chi connectivity index (χ2v) is 6.64. The summed E-state index contributed by atoms with van der Waals surface area (Å²) >= 11 is 1.42. The quantitative estimate of drug-likeness (QED) is 0.796. The van der Waals surface area contributed by atoms with Crippen molar-refractivity contribution in [3.63, 3.8) is 0 Å². The van der Waals surface area contributed by atoms with Crippen molar-refractivity contribution in [3.05, 3.63) is 16.4 Å². The first kappa shape index (κ1) is 15.9. The second-order valence-electron chi connectivity index (χ2n) is 5.66. The lowest BCUT2D eigenvalue weighted by molar-refractivity contribution is 0.0956. The van der Waals surface area contributed by atoms with Gasteiger partial charge in [0.1, 0.15) is 10.7 Å². The Labute approximate surface area is 129 Å². The molecule has 116 valence electrons. The van der Waals surface area contributed by atoms with Gasteiger partial charge in [0, 0.05) is 18.2 Å². The predicted octanol–water partition coefficient (Wildman–Crippen LogP) is 3.53. The smallest absolute Gasteiger partial charge is 0.263 e. The number of carbonyl (C=O) groups excluding carboxylic acids is 1. The van der Waals surface area contributed by atoms with Crippen LogP contribution in [0.2, 0.25) is 0 Å². The fourth-order valence-electron chi connectivity index (χ4n) is 2.35. The van der Waals surface area contributed by atoms with E-state index in [9.17, 15) is 4.79 Å². The summed E-state index contributed by atoms with van der Waals surface area (Å²) in [6.45, 7) is 9.06. The van der Waals surface area contributed by atoms with Gasteiger partial charge in [0.2, 0.25) is 4.96 Å². The van der Waals surface area contributed by atoms with Gasteiger partial charge in [-0.25, -0.2) is 0 Å². The highest BCUT2D eigenvalue weighted by atomic mass is 32.1. The van der Waals surface area contributed by atoms with E-state index in [1.807, 2.05) is 11.3 Å². The Morgan fingerprint density at radius 1 is 1.29 bits per heavy atom. The molecule has 2 aromatic heterocycles. The Hall–Kier alpha value is -1.43. The van der Waals surface area contributed by atoms with Crippen LogP contribution in [0.5, 0.6) is 0 Å². The molecule has 0 bridgehead atoms. The Balaban J connectivity index is 2.08. The van der Waals surface area contributed by atoms with E-state index >= 15 is 0 Å². The zero-order valence-corrected chi connectivity index (χ0v) is 14.1. The van der Waals surface area contributed by atoms with Crippen molar-refractivity contribution in [3.8, 4) is 0 Å². The second kappa shape index (κ2) is 7.02. The summed E-state index contributed by atoms with van der Waals surface area (Å²) in [5, 5.41) is 11.4. The van der Waals surface area contributed by atoms with Gasteiger partial charge in [-0.2, -0.15) is 0 Å². The molecule has 1 N–H and O–H groups in total. The van der Waals surface area contributed by atoms with E-state index in [1.165, 1.54) is 30.6 Å². The molecule has 0 aliphatic carbocycles. The summed E-state index contributed by atoms with van der Waals surface area (Å²) < 4.78 is 2.00. The van der Waals surface area contributed by atoms with Crippen LogP contribution in [-0.4, -0.2) is 27.0 Å². The SMILES string of the molecule is CCCCCCNC(=O)c1sc2nnc(C(C)C)n2c1C. The first-order valence-electron chi connectivity index (χ1n) is 7.68. The molecule has 0 atom stereocenters. The standard InChI is InChI=1S/C15H24N4OS/c1-5-6-7-8-9-16-14(20)12-11(4)19-13(10(2)3)17-18-15(19)21-12/h10H,5-9H2,1-4H3,(H,16,20). The van der Waals surface area contributed by atoms with E-state index < -0.39 is 0 Å². The van der Waals surface area contributed by atoms with Crippen molar-refractivity contribution in [1.82, 2.24) is 19.9 Å². The number of nitrogens with zero attached hydrogens (tertiary/aromatic N) is 3. The maximum atomic E-state index is 12.3. The molecule has 1 amide bonds. The van der Waals surface area contributed by atoms with Gasteiger partial charge < -0.3 is 5.32 Å². The molecule has 0 saturated heterocycles. The van der Waals surface area contributed by atoms with Gasteiger partial charge in [-0.15, -0.1) is 10.2 Å². The lowest BCUT2D eigenvalue weighted by Gasteiger charge is -2.05. The monoisotopic (exact) mass is 308 g/mol. The first-order valence-corrected chi connectivity index (χ1v) is 8.50. The molecule has 0 saturated carbocycles. The summed E-state index contributed by atoms with van der Waals surface area (Å²) in [7, 11) is 0. The average Bonchev–Trinajstić information content (AvgIpc) is 2.99. The minimum absolute atomic E-state index is 0.00852. The molecule has 5 nitrogen and oxygen atoms in total. The fraction of sp³-hybridized carbons (Fsp3) is 0.667. The minimum atomic E-state index is 0.00852. The summed E-state index contributed by atoms with van der Waals surface area (Å²) in [6, 6.07) is 0. The van der Waals surface area contributed by atoms with E-state index in [1.54, 1.807) is 0 Å². The van der Waals surface area contributed by atoms with Crippen molar-refractivity contribution < 1.29 is 4.79 Å². The molecule has 2 heterocycles. The van der Waals surface area contributed by atoms with E-state index in [-0.39, 0.29) is 5.91 Å². The molecule has 0 radical (unpaired) electrons. The highest BCUT2D eigenvalue weighted by molar-refractivity contribution is 7.19. The number of carbonyl (C=O) groups is 1. The molecular weight excluding hydrogens is 284 g/mol. The number of aromatic nitrogens is 3. The van der Waals surface area contributed by atoms with Crippen LogP contribution < -0.4 is 5.32 Å². The molecule has 0 fully saturated rings. The van der Waals surface area contributed by atoms with E-state index in [0.717, 1.165) is 34.3 Å². The fourth-order valence-corrected chi connectivity index (χ4v) is 3.34. The summed E-state index contributed by atoms with van der Waals surface area (Å²) in [5.41, 5.74) is 0.940. The molecule has 2 rings (SSSR count). The lowest BCUT2D eigenvalue weighted by Crippen LogP contribution is -2.24. The number of thiazole rings is 1. The lowest BCUT2D eigenvalue weighted by atomic mass is 10.2. The van der Waals surface area contributed by atoms with Crippen molar-refractivity contribution in [2.75, 3.05) is 6.54 Å². The number of aryl methyl sites for hydroxylation is 1. The molecule has 0 aromatic carbocycles. The van der Waals surface area contributed by atoms with Gasteiger partial charge in [0.25, 0.3) is 5.91 Å². The van der Waals surface area contributed by atoms with Gasteiger partial charge in [0.05, 0.1) is 0 Å². The highest BCUT2D eigenvalue weighted by Gasteiger charge is 2.20. The maximum absolute atomic E-state index is 12.3. The number of rotatable bonds is 7. The Bertz CT molecular complexity index is 614. The Morgan fingerprint density at radius 2 is 2.05 bits per heavy atom. The van der Waals surface area contributed by atoms with Crippen LogP contribution in [0.15, 0.2) is 0 Å². The van der Waals surface area contributed by atoms with E-state index in [0.29, 0.717) is 5.92 Å². The summed E-state index contributed by atoms with van der Waals surface area (Å²) in [6.07, 6.45) is 4.65. The maximum Gasteiger partial charge on any atom is 0.263 e. The van der Waals surface area contributed by atoms with Crippen molar-refractivity contribution in [1.29, 1.82) is 0 Å². The van der Waals surface area contributed by atoms with Gasteiger partial charge in [0.15, 0.2) is 0 Å². The van der Waals surface area contributed by atoms with Crippen LogP contribution >= 0.6 is 11.3 Å². The molecular formula is C15H24N4OS. The number of hydrogen-bond acceptors (Lipinski definition) is 4. The molecule has 0 aliphatic heterocycles. The van der Waals surface area contributed by atoms with Gasteiger partial charge in [-0.1, -0.05) is 51.4 Å². The van der Waals surface area contributed by atoms with Crippen LogP contribution in [0.25, 0.3) is 4.96 Å². The van der Waals surface area contributed by atoms with E-state index in [4.69, 9.17) is 0 Å². The zero-order valence-electron chi connectivity index (χ0n) is 13.3. The van der Waals surface area contributed by atoms with Gasteiger partial charge in [-0.05, 0) is 13.3 Å². The third-order valence-electron chi connectivity index (χ3n) is 3.55. The third kappa shape index (κ3) is 3.43. The highest BCUT2D eigenvalue weighted by Crippen LogP contribution is 2.25. The zero-order chi connectivity index (χ0) is 15.4.